The van der Waals surface area contributed by atoms with E-state index in [-0.39, 0.29) is 11.4 Å². The lowest BCUT2D eigenvalue weighted by atomic mass is 9.93. The Kier molecular flexibility index (Phi) is 5.15. The molecule has 3 heterocycles. The molecule has 1 saturated carbocycles. The van der Waals surface area contributed by atoms with E-state index in [9.17, 15) is 4.79 Å². The van der Waals surface area contributed by atoms with Gasteiger partial charge in [0, 0.05) is 19.2 Å². The third-order valence-electron chi connectivity index (χ3n) is 6.60. The zero-order valence-corrected chi connectivity index (χ0v) is 17.3. The standard InChI is InChI=1S/C24H29N5O/c30-21(13-12-18-7-2-1-3-8-18)29-16-14-24(17-29)23(26-19-9-4-5-10-19)27-22-20(28-24)11-6-15-25-22/h1-3,6-8,11,15,19,28H,4-5,9-10,12-14,16-17H2,(H,25,26,27)/t24-/m0/s1. The largest absolute Gasteiger partial charge is 0.368 e. The Balaban J connectivity index is 1.34. The number of hydrogen-bond acceptors (Lipinski definition) is 4. The number of aromatic nitrogens is 1. The molecule has 6 heteroatoms. The first-order valence-corrected chi connectivity index (χ1v) is 11.1. The molecule has 1 aromatic carbocycles. The molecule has 0 bridgehead atoms. The molecule has 2 fully saturated rings. The summed E-state index contributed by atoms with van der Waals surface area (Å²) in [6.45, 7) is 1.40. The number of benzene rings is 1. The Morgan fingerprint density at radius 1 is 1.17 bits per heavy atom. The lowest BCUT2D eigenvalue weighted by molar-refractivity contribution is -0.130. The summed E-state index contributed by atoms with van der Waals surface area (Å²) in [6, 6.07) is 14.6. The Labute approximate surface area is 177 Å². The number of amides is 1. The van der Waals surface area contributed by atoms with Crippen molar-refractivity contribution in [2.45, 2.75) is 56.5 Å². The van der Waals surface area contributed by atoms with E-state index in [0.29, 0.717) is 19.0 Å². The van der Waals surface area contributed by atoms with Gasteiger partial charge in [-0.15, -0.1) is 0 Å². The molecule has 1 aromatic heterocycles. The summed E-state index contributed by atoms with van der Waals surface area (Å²) in [6.07, 6.45) is 8.78. The van der Waals surface area contributed by atoms with E-state index in [0.717, 1.165) is 49.6 Å². The predicted octanol–water partition coefficient (Wildman–Crippen LogP) is 3.86. The second-order valence-electron chi connectivity index (χ2n) is 8.70. The second kappa shape index (κ2) is 8.09. The van der Waals surface area contributed by atoms with Crippen LogP contribution in [0.15, 0.2) is 53.7 Å². The highest BCUT2D eigenvalue weighted by atomic mass is 16.2. The number of hydrogen-bond donors (Lipinski definition) is 2. The number of pyridine rings is 1. The number of fused-ring (bicyclic) bond motifs is 1. The number of carbonyl (C=O) groups is 1. The van der Waals surface area contributed by atoms with Crippen molar-refractivity contribution in [3.05, 3.63) is 54.2 Å². The minimum atomic E-state index is -0.346. The van der Waals surface area contributed by atoms with Gasteiger partial charge < -0.3 is 15.5 Å². The Morgan fingerprint density at radius 3 is 2.83 bits per heavy atom. The fraction of sp³-hybridized carbons (Fsp3) is 0.458. The molecular formula is C24H29N5O. The SMILES string of the molecule is O=C(CCc1ccccc1)N1CC[C@@]2(C1)Nc1cccnc1NC2=NC1CCCC1. The average molecular weight is 404 g/mol. The molecule has 5 rings (SSSR count). The van der Waals surface area contributed by atoms with Crippen LogP contribution in [-0.4, -0.2) is 46.3 Å². The molecule has 30 heavy (non-hydrogen) atoms. The molecule has 6 nitrogen and oxygen atoms in total. The highest BCUT2D eigenvalue weighted by molar-refractivity contribution is 6.09. The molecule has 1 spiro atoms. The highest BCUT2D eigenvalue weighted by Gasteiger charge is 2.47. The van der Waals surface area contributed by atoms with Gasteiger partial charge in [-0.2, -0.15) is 0 Å². The molecule has 2 aliphatic heterocycles. The summed E-state index contributed by atoms with van der Waals surface area (Å²) in [5.41, 5.74) is 1.85. The monoisotopic (exact) mass is 403 g/mol. The first kappa shape index (κ1) is 19.1. The quantitative estimate of drug-likeness (QED) is 0.813. The van der Waals surface area contributed by atoms with E-state index in [1.165, 1.54) is 18.4 Å². The van der Waals surface area contributed by atoms with Crippen LogP contribution in [0.5, 0.6) is 0 Å². The molecule has 1 saturated heterocycles. The van der Waals surface area contributed by atoms with Crippen LogP contribution in [-0.2, 0) is 11.2 Å². The summed E-state index contributed by atoms with van der Waals surface area (Å²) in [7, 11) is 0. The van der Waals surface area contributed by atoms with E-state index < -0.39 is 0 Å². The van der Waals surface area contributed by atoms with Crippen LogP contribution in [0.1, 0.15) is 44.1 Å². The summed E-state index contributed by atoms with van der Waals surface area (Å²) in [4.78, 5) is 24.6. The van der Waals surface area contributed by atoms with Crippen molar-refractivity contribution in [2.75, 3.05) is 23.7 Å². The lowest BCUT2D eigenvalue weighted by Gasteiger charge is -2.38. The number of carbonyl (C=O) groups excluding carboxylic acids is 1. The summed E-state index contributed by atoms with van der Waals surface area (Å²) in [5, 5.41) is 7.22. The Bertz CT molecular complexity index is 938. The van der Waals surface area contributed by atoms with Gasteiger partial charge in [-0.1, -0.05) is 43.2 Å². The number of amidine groups is 1. The van der Waals surface area contributed by atoms with Gasteiger partial charge in [-0.3, -0.25) is 9.79 Å². The van der Waals surface area contributed by atoms with E-state index in [2.05, 4.69) is 27.8 Å². The normalized spacial score (nSPS) is 24.7. The van der Waals surface area contributed by atoms with Gasteiger partial charge in [-0.05, 0) is 43.4 Å². The average Bonchev–Trinajstić information content (AvgIpc) is 3.44. The Morgan fingerprint density at radius 2 is 2.00 bits per heavy atom. The van der Waals surface area contributed by atoms with E-state index >= 15 is 0 Å². The fourth-order valence-corrected chi connectivity index (χ4v) is 4.90. The molecule has 3 aliphatic rings. The maximum absolute atomic E-state index is 13.0. The molecular weight excluding hydrogens is 374 g/mol. The summed E-state index contributed by atoms with van der Waals surface area (Å²) < 4.78 is 0. The topological polar surface area (TPSA) is 69.6 Å². The van der Waals surface area contributed by atoms with Crippen molar-refractivity contribution in [1.82, 2.24) is 9.88 Å². The maximum Gasteiger partial charge on any atom is 0.222 e. The van der Waals surface area contributed by atoms with Crippen LogP contribution < -0.4 is 10.6 Å². The summed E-state index contributed by atoms with van der Waals surface area (Å²) in [5.74, 6) is 2.00. The van der Waals surface area contributed by atoms with Crippen LogP contribution in [0.2, 0.25) is 0 Å². The van der Waals surface area contributed by atoms with Gasteiger partial charge in [0.15, 0.2) is 5.82 Å². The molecule has 2 aromatic rings. The van der Waals surface area contributed by atoms with Gasteiger partial charge in [0.1, 0.15) is 11.4 Å². The lowest BCUT2D eigenvalue weighted by Crippen LogP contribution is -2.55. The smallest absolute Gasteiger partial charge is 0.222 e. The number of likely N-dealkylation sites (tertiary alicyclic amines) is 1. The van der Waals surface area contributed by atoms with Gasteiger partial charge in [0.2, 0.25) is 5.91 Å². The number of nitrogens with one attached hydrogen (secondary N) is 2. The fourth-order valence-electron chi connectivity index (χ4n) is 4.90. The van der Waals surface area contributed by atoms with Crippen molar-refractivity contribution < 1.29 is 4.79 Å². The zero-order chi connectivity index (χ0) is 20.4. The second-order valence-corrected chi connectivity index (χ2v) is 8.70. The number of anilines is 2. The van der Waals surface area contributed by atoms with Crippen LogP contribution in [0, 0.1) is 0 Å². The Hall–Kier alpha value is -2.89. The predicted molar refractivity (Wildman–Crippen MR) is 120 cm³/mol. The van der Waals surface area contributed by atoms with Gasteiger partial charge in [0.05, 0.1) is 18.3 Å². The van der Waals surface area contributed by atoms with E-state index in [1.54, 1.807) is 6.20 Å². The number of aryl methyl sites for hydroxylation is 1. The van der Waals surface area contributed by atoms with Crippen LogP contribution in [0.4, 0.5) is 11.5 Å². The minimum absolute atomic E-state index is 0.217. The zero-order valence-electron chi connectivity index (χ0n) is 17.3. The van der Waals surface area contributed by atoms with Gasteiger partial charge >= 0.3 is 0 Å². The number of nitrogens with zero attached hydrogens (tertiary/aromatic N) is 3. The van der Waals surface area contributed by atoms with E-state index in [1.807, 2.05) is 35.2 Å². The minimum Gasteiger partial charge on any atom is -0.368 e. The molecule has 156 valence electrons. The van der Waals surface area contributed by atoms with Crippen molar-refractivity contribution in [3.8, 4) is 0 Å². The third kappa shape index (κ3) is 3.78. The van der Waals surface area contributed by atoms with E-state index in [4.69, 9.17) is 4.99 Å². The molecule has 1 aliphatic carbocycles. The van der Waals surface area contributed by atoms with Gasteiger partial charge in [-0.25, -0.2) is 4.98 Å². The van der Waals surface area contributed by atoms with Crippen molar-refractivity contribution in [3.63, 3.8) is 0 Å². The number of aliphatic imine (C=N–C) groups is 1. The molecule has 1 amide bonds. The van der Waals surface area contributed by atoms with Gasteiger partial charge in [0.25, 0.3) is 0 Å². The van der Waals surface area contributed by atoms with Crippen molar-refractivity contribution in [1.29, 1.82) is 0 Å². The van der Waals surface area contributed by atoms with Crippen LogP contribution >= 0.6 is 0 Å². The third-order valence-corrected chi connectivity index (χ3v) is 6.60. The van der Waals surface area contributed by atoms with Crippen molar-refractivity contribution >= 4 is 23.2 Å². The molecule has 1 atom stereocenters. The van der Waals surface area contributed by atoms with Crippen LogP contribution in [0.25, 0.3) is 0 Å². The first-order valence-electron chi connectivity index (χ1n) is 11.1. The van der Waals surface area contributed by atoms with Crippen molar-refractivity contribution in [2.24, 2.45) is 4.99 Å². The highest BCUT2D eigenvalue weighted by Crippen LogP contribution is 2.36. The molecule has 0 radical (unpaired) electrons. The number of rotatable bonds is 4. The molecule has 0 unspecified atom stereocenters. The van der Waals surface area contributed by atoms with Crippen LogP contribution in [0.3, 0.4) is 0 Å². The maximum atomic E-state index is 13.0. The summed E-state index contributed by atoms with van der Waals surface area (Å²) >= 11 is 0. The first-order chi connectivity index (χ1) is 14.7. The molecule has 2 N–H and O–H groups in total.